The normalized spacial score (nSPS) is 30.4. The van der Waals surface area contributed by atoms with Gasteiger partial charge in [0.2, 0.25) is 0 Å². The van der Waals surface area contributed by atoms with Gasteiger partial charge in [0.15, 0.2) is 0 Å². The lowest BCUT2D eigenvalue weighted by Gasteiger charge is -2.38. The highest BCUT2D eigenvalue weighted by Gasteiger charge is 2.27. The molecule has 1 heterocycles. The van der Waals surface area contributed by atoms with E-state index in [9.17, 15) is 0 Å². The second kappa shape index (κ2) is 6.46. The van der Waals surface area contributed by atoms with Crippen molar-refractivity contribution in [3.05, 3.63) is 0 Å². The van der Waals surface area contributed by atoms with Crippen molar-refractivity contribution in [3.63, 3.8) is 0 Å². The van der Waals surface area contributed by atoms with Gasteiger partial charge in [0.05, 0.1) is 6.10 Å². The summed E-state index contributed by atoms with van der Waals surface area (Å²) in [5.74, 6) is 1.52. The van der Waals surface area contributed by atoms with E-state index in [1.54, 1.807) is 7.11 Å². The molecule has 3 unspecified atom stereocenters. The molecule has 3 heteroatoms. The van der Waals surface area contributed by atoms with Crippen LogP contribution in [0.5, 0.6) is 0 Å². The van der Waals surface area contributed by atoms with Crippen molar-refractivity contribution < 1.29 is 4.74 Å². The maximum atomic E-state index is 5.80. The quantitative estimate of drug-likeness (QED) is 0.750. The number of hydrogen-bond donors (Lipinski definition) is 1. The van der Waals surface area contributed by atoms with Crippen molar-refractivity contribution in [2.45, 2.75) is 32.8 Å². The van der Waals surface area contributed by atoms with Crippen LogP contribution in [0.25, 0.3) is 0 Å². The predicted octanol–water partition coefficient (Wildman–Crippen LogP) is 1.33. The van der Waals surface area contributed by atoms with Crippen LogP contribution < -0.4 is 5.73 Å². The number of ether oxygens (including phenoxy) is 1. The molecule has 15 heavy (non-hydrogen) atoms. The summed E-state index contributed by atoms with van der Waals surface area (Å²) in [7, 11) is 1.79. The smallest absolute Gasteiger partial charge is 0.0670 e. The average Bonchev–Trinajstić information content (AvgIpc) is 2.28. The molecule has 90 valence electrons. The van der Waals surface area contributed by atoms with Crippen LogP contribution in [0.15, 0.2) is 0 Å². The van der Waals surface area contributed by atoms with Crippen molar-refractivity contribution in [1.29, 1.82) is 0 Å². The average molecular weight is 214 g/mol. The maximum Gasteiger partial charge on any atom is 0.0670 e. The molecule has 1 aliphatic rings. The molecule has 1 saturated heterocycles. The Balaban J connectivity index is 2.38. The largest absolute Gasteiger partial charge is 0.380 e. The molecule has 0 aliphatic carbocycles. The lowest BCUT2D eigenvalue weighted by Crippen LogP contribution is -2.45. The minimum atomic E-state index is 0.344. The highest BCUT2D eigenvalue weighted by molar-refractivity contribution is 4.81. The summed E-state index contributed by atoms with van der Waals surface area (Å²) in [6.45, 7) is 8.71. The van der Waals surface area contributed by atoms with E-state index >= 15 is 0 Å². The minimum absolute atomic E-state index is 0.344. The number of rotatable bonds is 5. The van der Waals surface area contributed by atoms with Gasteiger partial charge >= 0.3 is 0 Å². The Bertz CT molecular complexity index is 175. The molecule has 0 radical (unpaired) electrons. The maximum absolute atomic E-state index is 5.80. The molecule has 1 fully saturated rings. The molecule has 3 atom stereocenters. The molecular formula is C12H26N2O. The fourth-order valence-electron chi connectivity index (χ4n) is 2.53. The zero-order valence-electron chi connectivity index (χ0n) is 10.4. The molecule has 1 rings (SSSR count). The number of methoxy groups -OCH3 is 1. The van der Waals surface area contributed by atoms with Crippen LogP contribution in [0.4, 0.5) is 0 Å². The molecule has 0 amide bonds. The highest BCUT2D eigenvalue weighted by Crippen LogP contribution is 2.25. The molecular weight excluding hydrogens is 188 g/mol. The van der Waals surface area contributed by atoms with Gasteiger partial charge in [-0.1, -0.05) is 13.3 Å². The van der Waals surface area contributed by atoms with Crippen molar-refractivity contribution in [2.24, 2.45) is 17.6 Å². The minimum Gasteiger partial charge on any atom is -0.380 e. The molecule has 3 nitrogen and oxygen atoms in total. The Morgan fingerprint density at radius 3 is 2.73 bits per heavy atom. The Morgan fingerprint density at radius 2 is 2.20 bits per heavy atom. The van der Waals surface area contributed by atoms with E-state index in [-0.39, 0.29) is 0 Å². The third-order valence-corrected chi connectivity index (χ3v) is 3.72. The summed E-state index contributed by atoms with van der Waals surface area (Å²) in [6, 6.07) is 0. The summed E-state index contributed by atoms with van der Waals surface area (Å²) in [5.41, 5.74) is 5.80. The monoisotopic (exact) mass is 214 g/mol. The van der Waals surface area contributed by atoms with Crippen LogP contribution in [0.1, 0.15) is 26.7 Å². The molecule has 2 N–H and O–H groups in total. The van der Waals surface area contributed by atoms with Crippen LogP contribution in [0.2, 0.25) is 0 Å². The number of piperidine rings is 1. The van der Waals surface area contributed by atoms with Gasteiger partial charge in [-0.05, 0) is 38.3 Å². The van der Waals surface area contributed by atoms with Gasteiger partial charge in [-0.25, -0.2) is 0 Å². The third kappa shape index (κ3) is 3.74. The van der Waals surface area contributed by atoms with Crippen molar-refractivity contribution in [2.75, 3.05) is 33.3 Å². The molecule has 0 aromatic heterocycles. The van der Waals surface area contributed by atoms with Crippen LogP contribution >= 0.6 is 0 Å². The first kappa shape index (κ1) is 12.9. The predicted molar refractivity (Wildman–Crippen MR) is 63.9 cm³/mol. The lowest BCUT2D eigenvalue weighted by atomic mass is 9.84. The van der Waals surface area contributed by atoms with Gasteiger partial charge in [0.25, 0.3) is 0 Å². The summed E-state index contributed by atoms with van der Waals surface area (Å²) in [6.07, 6.45) is 2.85. The second-order valence-corrected chi connectivity index (χ2v) is 4.76. The summed E-state index contributed by atoms with van der Waals surface area (Å²) >= 11 is 0. The molecule has 0 spiro atoms. The molecule has 0 bridgehead atoms. The topological polar surface area (TPSA) is 38.5 Å². The van der Waals surface area contributed by atoms with E-state index in [0.717, 1.165) is 24.9 Å². The molecule has 0 saturated carbocycles. The van der Waals surface area contributed by atoms with E-state index < -0.39 is 0 Å². The standard InChI is InChI=1S/C12H26N2O/c1-4-11-9-14(8-10(2)15-3)6-5-12(11)7-13/h10-12H,4-9,13H2,1-3H3. The first-order chi connectivity index (χ1) is 7.21. The number of nitrogens with two attached hydrogens (primary N) is 1. The zero-order valence-corrected chi connectivity index (χ0v) is 10.4. The Kier molecular flexibility index (Phi) is 5.58. The number of nitrogens with zero attached hydrogens (tertiary/aromatic N) is 1. The molecule has 1 aliphatic heterocycles. The van der Waals surface area contributed by atoms with E-state index in [1.807, 2.05) is 0 Å². The first-order valence-electron chi connectivity index (χ1n) is 6.16. The Labute approximate surface area is 94.0 Å². The van der Waals surface area contributed by atoms with E-state index in [1.165, 1.54) is 25.9 Å². The summed E-state index contributed by atoms with van der Waals surface area (Å²) < 4.78 is 5.31. The molecule has 0 aromatic rings. The lowest BCUT2D eigenvalue weighted by molar-refractivity contribution is 0.0446. The van der Waals surface area contributed by atoms with Gasteiger partial charge in [-0.15, -0.1) is 0 Å². The Hall–Kier alpha value is -0.120. The van der Waals surface area contributed by atoms with Gasteiger partial charge in [-0.2, -0.15) is 0 Å². The van der Waals surface area contributed by atoms with E-state index in [0.29, 0.717) is 6.10 Å². The SMILES string of the molecule is CCC1CN(CC(C)OC)CCC1CN. The number of likely N-dealkylation sites (tertiary alicyclic amines) is 1. The fraction of sp³-hybridized carbons (Fsp3) is 1.00. The van der Waals surface area contributed by atoms with Crippen LogP contribution in [0.3, 0.4) is 0 Å². The summed E-state index contributed by atoms with van der Waals surface area (Å²) in [4.78, 5) is 2.52. The van der Waals surface area contributed by atoms with Gasteiger partial charge < -0.3 is 15.4 Å². The van der Waals surface area contributed by atoms with Crippen LogP contribution in [-0.2, 0) is 4.74 Å². The van der Waals surface area contributed by atoms with E-state index in [2.05, 4.69) is 18.7 Å². The zero-order chi connectivity index (χ0) is 11.3. The third-order valence-electron chi connectivity index (χ3n) is 3.72. The van der Waals surface area contributed by atoms with Crippen molar-refractivity contribution >= 4 is 0 Å². The van der Waals surface area contributed by atoms with E-state index in [4.69, 9.17) is 10.5 Å². The molecule has 0 aromatic carbocycles. The van der Waals surface area contributed by atoms with Gasteiger partial charge in [0.1, 0.15) is 0 Å². The van der Waals surface area contributed by atoms with Crippen molar-refractivity contribution in [3.8, 4) is 0 Å². The van der Waals surface area contributed by atoms with Crippen LogP contribution in [0, 0.1) is 11.8 Å². The van der Waals surface area contributed by atoms with Crippen LogP contribution in [-0.4, -0.2) is 44.3 Å². The second-order valence-electron chi connectivity index (χ2n) is 4.76. The number of hydrogen-bond acceptors (Lipinski definition) is 3. The van der Waals surface area contributed by atoms with Gasteiger partial charge in [-0.3, -0.25) is 0 Å². The highest BCUT2D eigenvalue weighted by atomic mass is 16.5. The summed E-state index contributed by atoms with van der Waals surface area (Å²) in [5, 5.41) is 0. The van der Waals surface area contributed by atoms with Gasteiger partial charge in [0, 0.05) is 20.2 Å². The Morgan fingerprint density at radius 1 is 1.47 bits per heavy atom. The van der Waals surface area contributed by atoms with Crippen molar-refractivity contribution in [1.82, 2.24) is 4.90 Å². The first-order valence-corrected chi connectivity index (χ1v) is 6.16. The fourth-order valence-corrected chi connectivity index (χ4v) is 2.53.